The molecule has 5 nitrogen and oxygen atoms in total. The molecule has 0 spiro atoms. The fraction of sp³-hybridized carbons (Fsp3) is 0.263. The highest BCUT2D eigenvalue weighted by Gasteiger charge is 2.18. The summed E-state index contributed by atoms with van der Waals surface area (Å²) in [5, 5.41) is 3.42. The molecule has 1 aromatic heterocycles. The van der Waals surface area contributed by atoms with Crippen LogP contribution in [0.5, 0.6) is 0 Å². The van der Waals surface area contributed by atoms with E-state index in [0.717, 1.165) is 31.4 Å². The number of aromatic amines is 1. The number of primary amides is 1. The highest BCUT2D eigenvalue weighted by molar-refractivity contribution is 6.04. The second kappa shape index (κ2) is 10.1. The number of nitrogens with zero attached hydrogens (tertiary/aromatic N) is 1. The summed E-state index contributed by atoms with van der Waals surface area (Å²) >= 11 is 0. The van der Waals surface area contributed by atoms with Crippen molar-refractivity contribution in [1.82, 2.24) is 15.3 Å². The van der Waals surface area contributed by atoms with Gasteiger partial charge in [0, 0.05) is 6.04 Å². The smallest absolute Gasteiger partial charge is 0.250 e. The molecule has 1 fully saturated rings. The number of piperidine rings is 1. The van der Waals surface area contributed by atoms with Crippen molar-refractivity contribution in [3.63, 3.8) is 0 Å². The first-order valence-electron chi connectivity index (χ1n) is 8.45. The van der Waals surface area contributed by atoms with Crippen LogP contribution in [0, 0.1) is 5.82 Å². The average molecular weight is 448 g/mol. The van der Waals surface area contributed by atoms with Crippen LogP contribution in [0.15, 0.2) is 36.4 Å². The van der Waals surface area contributed by atoms with E-state index in [9.17, 15) is 9.18 Å². The Morgan fingerprint density at radius 3 is 2.57 bits per heavy atom. The summed E-state index contributed by atoms with van der Waals surface area (Å²) < 4.78 is 14.7. The average Bonchev–Trinajstić information content (AvgIpc) is 3.06. The molecule has 1 aliphatic heterocycles. The zero-order chi connectivity index (χ0) is 17.4. The first kappa shape index (κ1) is 24.2. The van der Waals surface area contributed by atoms with Crippen LogP contribution in [0.3, 0.4) is 0 Å². The lowest BCUT2D eigenvalue weighted by Crippen LogP contribution is -2.26. The van der Waals surface area contributed by atoms with Crippen molar-refractivity contribution in [2.45, 2.75) is 25.3 Å². The van der Waals surface area contributed by atoms with Gasteiger partial charge in [-0.2, -0.15) is 0 Å². The third-order valence-electron chi connectivity index (χ3n) is 4.74. The first-order chi connectivity index (χ1) is 12.1. The van der Waals surface area contributed by atoms with Gasteiger partial charge in [0.1, 0.15) is 17.2 Å². The zero-order valence-electron chi connectivity index (χ0n) is 14.9. The van der Waals surface area contributed by atoms with Gasteiger partial charge in [-0.3, -0.25) is 4.79 Å². The number of imidazole rings is 1. The third kappa shape index (κ3) is 4.58. The summed E-state index contributed by atoms with van der Waals surface area (Å²) in [5.41, 5.74) is 8.16. The van der Waals surface area contributed by atoms with Crippen molar-refractivity contribution in [3.8, 4) is 11.4 Å². The van der Waals surface area contributed by atoms with Crippen LogP contribution in [0.25, 0.3) is 22.4 Å². The molecular weight excluding hydrogens is 426 g/mol. The fourth-order valence-corrected chi connectivity index (χ4v) is 3.44. The molecule has 9 heteroatoms. The molecule has 152 valence electrons. The molecular formula is C19H22Cl3FN4O. The maximum atomic E-state index is 14.7. The van der Waals surface area contributed by atoms with Gasteiger partial charge >= 0.3 is 0 Å². The second-order valence-electron chi connectivity index (χ2n) is 6.39. The number of halogens is 4. The lowest BCUT2D eigenvalue weighted by atomic mass is 9.96. The molecule has 0 unspecified atom stereocenters. The normalized spacial score (nSPS) is 15.8. The lowest BCUT2D eigenvalue weighted by molar-refractivity contribution is 0.100. The van der Waals surface area contributed by atoms with Crippen molar-refractivity contribution in [3.05, 3.63) is 53.3 Å². The molecule has 1 saturated heterocycles. The molecule has 2 aromatic carbocycles. The van der Waals surface area contributed by atoms with E-state index in [1.165, 1.54) is 0 Å². The molecule has 3 aromatic rings. The van der Waals surface area contributed by atoms with Gasteiger partial charge in [0.05, 0.1) is 16.6 Å². The highest BCUT2D eigenvalue weighted by Crippen LogP contribution is 2.29. The molecule has 28 heavy (non-hydrogen) atoms. The van der Waals surface area contributed by atoms with E-state index < -0.39 is 5.91 Å². The van der Waals surface area contributed by atoms with Gasteiger partial charge in [-0.25, -0.2) is 9.37 Å². The number of benzene rings is 2. The second-order valence-corrected chi connectivity index (χ2v) is 6.39. The molecule has 0 radical (unpaired) electrons. The van der Waals surface area contributed by atoms with Gasteiger partial charge in [0.25, 0.3) is 5.91 Å². The number of nitrogens with one attached hydrogen (secondary N) is 2. The van der Waals surface area contributed by atoms with Gasteiger partial charge in [-0.05, 0) is 49.2 Å². The molecule has 0 bridgehead atoms. The molecule has 1 amide bonds. The number of hydrogen-bond acceptors (Lipinski definition) is 3. The molecule has 0 saturated carbocycles. The van der Waals surface area contributed by atoms with Crippen molar-refractivity contribution in [2.24, 2.45) is 5.73 Å². The fourth-order valence-electron chi connectivity index (χ4n) is 3.44. The summed E-state index contributed by atoms with van der Waals surface area (Å²) in [5.74, 6) is -0.489. The maximum Gasteiger partial charge on any atom is 0.250 e. The van der Waals surface area contributed by atoms with Crippen LogP contribution in [-0.2, 0) is 0 Å². The number of fused-ring (bicyclic) bond motifs is 1. The Morgan fingerprint density at radius 2 is 1.93 bits per heavy atom. The largest absolute Gasteiger partial charge is 0.366 e. The van der Waals surface area contributed by atoms with Gasteiger partial charge in [-0.1, -0.05) is 18.6 Å². The number of para-hydroxylation sites is 1. The van der Waals surface area contributed by atoms with Crippen LogP contribution in [-0.4, -0.2) is 22.4 Å². The molecule has 2 heterocycles. The van der Waals surface area contributed by atoms with Crippen molar-refractivity contribution >= 4 is 54.2 Å². The predicted molar refractivity (Wildman–Crippen MR) is 116 cm³/mol. The number of H-pyrrole nitrogens is 1. The van der Waals surface area contributed by atoms with E-state index in [4.69, 9.17) is 5.73 Å². The summed E-state index contributed by atoms with van der Waals surface area (Å²) in [6.45, 7) is 0.966. The number of nitrogens with two attached hydrogens (primary N) is 1. The Labute approximate surface area is 180 Å². The van der Waals surface area contributed by atoms with Crippen LogP contribution in [0.4, 0.5) is 4.39 Å². The predicted octanol–water partition coefficient (Wildman–Crippen LogP) is 4.55. The summed E-state index contributed by atoms with van der Waals surface area (Å²) in [4.78, 5) is 19.0. The number of amides is 1. The quantitative estimate of drug-likeness (QED) is 0.551. The Bertz CT molecular complexity index is 958. The van der Waals surface area contributed by atoms with Gasteiger partial charge in [-0.15, -0.1) is 37.2 Å². The Hall–Kier alpha value is -1.86. The molecule has 1 atom stereocenters. The van der Waals surface area contributed by atoms with Crippen molar-refractivity contribution in [2.75, 3.05) is 6.54 Å². The third-order valence-corrected chi connectivity index (χ3v) is 4.74. The van der Waals surface area contributed by atoms with E-state index in [1.54, 1.807) is 30.3 Å². The van der Waals surface area contributed by atoms with Crippen LogP contribution < -0.4 is 11.1 Å². The molecule has 4 rings (SSSR count). The van der Waals surface area contributed by atoms with E-state index >= 15 is 0 Å². The van der Waals surface area contributed by atoms with Gasteiger partial charge < -0.3 is 16.0 Å². The topological polar surface area (TPSA) is 83.8 Å². The number of rotatable bonds is 3. The summed E-state index contributed by atoms with van der Waals surface area (Å²) in [6.07, 6.45) is 3.34. The van der Waals surface area contributed by atoms with Crippen LogP contribution in [0.2, 0.25) is 0 Å². The SMILES string of the molecule is Cl.Cl.Cl.NC(=O)c1cccc2[nH]c(-c3ccc([C@@H]4CCCCN4)cc3F)nc12. The number of hydrogen-bond donors (Lipinski definition) is 3. The maximum absolute atomic E-state index is 14.7. The lowest BCUT2D eigenvalue weighted by Gasteiger charge is -2.24. The molecule has 1 aliphatic rings. The molecule has 4 N–H and O–H groups in total. The minimum Gasteiger partial charge on any atom is -0.366 e. The van der Waals surface area contributed by atoms with E-state index in [0.29, 0.717) is 28.0 Å². The highest BCUT2D eigenvalue weighted by atomic mass is 35.5. The Morgan fingerprint density at radius 1 is 1.14 bits per heavy atom. The summed E-state index contributed by atoms with van der Waals surface area (Å²) in [6, 6.07) is 10.6. The van der Waals surface area contributed by atoms with E-state index in [2.05, 4.69) is 15.3 Å². The Balaban J connectivity index is 0.00000131. The van der Waals surface area contributed by atoms with Crippen LogP contribution >= 0.6 is 37.2 Å². The first-order valence-corrected chi connectivity index (χ1v) is 8.45. The van der Waals surface area contributed by atoms with Crippen LogP contribution in [0.1, 0.15) is 41.2 Å². The van der Waals surface area contributed by atoms with E-state index in [1.807, 2.05) is 6.07 Å². The summed E-state index contributed by atoms with van der Waals surface area (Å²) in [7, 11) is 0. The van der Waals surface area contributed by atoms with Crippen molar-refractivity contribution < 1.29 is 9.18 Å². The zero-order valence-corrected chi connectivity index (χ0v) is 17.4. The minimum atomic E-state index is -0.553. The molecule has 0 aliphatic carbocycles. The number of carbonyl (C=O) groups excluding carboxylic acids is 1. The Kier molecular flexibility index (Phi) is 8.70. The van der Waals surface area contributed by atoms with Gasteiger partial charge in [0.15, 0.2) is 0 Å². The van der Waals surface area contributed by atoms with E-state index in [-0.39, 0.29) is 49.1 Å². The monoisotopic (exact) mass is 446 g/mol. The number of carbonyl (C=O) groups is 1. The van der Waals surface area contributed by atoms with Crippen molar-refractivity contribution in [1.29, 1.82) is 0 Å². The standard InChI is InChI=1S/C19H19FN4O.3ClH/c20-14-10-11(15-5-1-2-9-22-15)7-8-12(14)19-23-16-6-3-4-13(18(21)25)17(16)24-19;;;/h3-4,6-8,10,15,22H,1-2,5,9H2,(H2,21,25)(H,23,24);3*1H/t15-;;;/m0.../s1. The minimum absolute atomic E-state index is 0. The number of aromatic nitrogens is 2. The van der Waals surface area contributed by atoms with Gasteiger partial charge in [0.2, 0.25) is 0 Å².